The van der Waals surface area contributed by atoms with Crippen LogP contribution in [0.25, 0.3) is 16.8 Å². The van der Waals surface area contributed by atoms with Gasteiger partial charge in [0.25, 0.3) is 0 Å². The van der Waals surface area contributed by atoms with Crippen LogP contribution in [0.5, 0.6) is 5.88 Å². The molecule has 0 aliphatic carbocycles. The van der Waals surface area contributed by atoms with Crippen LogP contribution in [0.3, 0.4) is 0 Å². The third-order valence-corrected chi connectivity index (χ3v) is 4.83. The van der Waals surface area contributed by atoms with Gasteiger partial charge in [0.1, 0.15) is 17.5 Å². The first-order valence-corrected chi connectivity index (χ1v) is 8.48. The highest BCUT2D eigenvalue weighted by molar-refractivity contribution is 5.82. The minimum Gasteiger partial charge on any atom is -0.481 e. The van der Waals surface area contributed by atoms with Crippen LogP contribution in [0.15, 0.2) is 18.3 Å². The van der Waals surface area contributed by atoms with E-state index < -0.39 is 17.2 Å². The van der Waals surface area contributed by atoms with E-state index in [2.05, 4.69) is 20.5 Å². The van der Waals surface area contributed by atoms with Gasteiger partial charge in [-0.3, -0.25) is 4.57 Å². The number of methoxy groups -OCH3 is 1. The Morgan fingerprint density at radius 3 is 2.59 bits per heavy atom. The molecule has 0 atom stereocenters. The summed E-state index contributed by atoms with van der Waals surface area (Å²) in [5.74, 6) is 0.503. The number of aromatic nitrogens is 4. The van der Waals surface area contributed by atoms with E-state index in [0.29, 0.717) is 17.1 Å². The third kappa shape index (κ3) is 2.47. The Labute approximate surface area is 155 Å². The fourth-order valence-electron chi connectivity index (χ4n) is 3.68. The molecule has 0 bridgehead atoms. The van der Waals surface area contributed by atoms with Gasteiger partial charge in [-0.15, -0.1) is 10.2 Å². The van der Waals surface area contributed by atoms with Crippen molar-refractivity contribution in [3.8, 4) is 22.7 Å². The first kappa shape index (κ1) is 17.4. The second kappa shape index (κ2) is 5.73. The number of rotatable bonds is 2. The summed E-state index contributed by atoms with van der Waals surface area (Å²) in [4.78, 5) is 3.93. The minimum atomic E-state index is -0.567. The summed E-state index contributed by atoms with van der Waals surface area (Å²) in [5.41, 5.74) is 1.94. The van der Waals surface area contributed by atoms with Gasteiger partial charge in [0.15, 0.2) is 5.82 Å². The Morgan fingerprint density at radius 1 is 1.15 bits per heavy atom. The minimum absolute atomic E-state index is 0.156. The first-order chi connectivity index (χ1) is 12.7. The predicted molar refractivity (Wildman–Crippen MR) is 97.2 cm³/mol. The summed E-state index contributed by atoms with van der Waals surface area (Å²) < 4.78 is 36.1. The fraction of sp³-hybridized carbons (Fsp3) is 0.316. The maximum absolute atomic E-state index is 15.1. The van der Waals surface area contributed by atoms with Crippen LogP contribution < -0.4 is 10.1 Å². The van der Waals surface area contributed by atoms with E-state index in [1.54, 1.807) is 6.92 Å². The summed E-state index contributed by atoms with van der Waals surface area (Å²) in [6.07, 6.45) is 1.04. The van der Waals surface area contributed by atoms with Gasteiger partial charge in [-0.05, 0) is 45.4 Å². The maximum atomic E-state index is 15.1. The lowest BCUT2D eigenvalue weighted by molar-refractivity contribution is 0.397. The zero-order chi connectivity index (χ0) is 19.5. The number of nitrogens with zero attached hydrogens (tertiary/aromatic N) is 4. The number of ether oxygens (including phenoxy) is 1. The molecule has 1 aliphatic rings. The number of halogens is 2. The van der Waals surface area contributed by atoms with Gasteiger partial charge >= 0.3 is 0 Å². The molecule has 0 amide bonds. The lowest BCUT2D eigenvalue weighted by Crippen LogP contribution is -2.36. The molecule has 6 nitrogen and oxygen atoms in total. The van der Waals surface area contributed by atoms with Gasteiger partial charge in [-0.1, -0.05) is 0 Å². The van der Waals surface area contributed by atoms with E-state index in [0.717, 1.165) is 17.7 Å². The van der Waals surface area contributed by atoms with Crippen molar-refractivity contribution in [3.05, 3.63) is 47.2 Å². The van der Waals surface area contributed by atoms with Crippen molar-refractivity contribution in [2.24, 2.45) is 0 Å². The smallest absolute Gasteiger partial charge is 0.221 e. The monoisotopic (exact) mass is 371 g/mol. The standard InChI is InChI=1S/C19H19F2N5O/c1-9-15(12-6-11(20)8-22-17(12)27-5)13(21)7-14-16(9)26-10(2)24-25-18(26)19(3,4)23-14/h6-8,23H,1-5H3. The molecule has 1 N–H and O–H groups in total. The molecule has 2 aromatic heterocycles. The van der Waals surface area contributed by atoms with Crippen molar-refractivity contribution >= 4 is 5.69 Å². The van der Waals surface area contributed by atoms with Gasteiger partial charge in [0, 0.05) is 5.56 Å². The van der Waals surface area contributed by atoms with E-state index in [4.69, 9.17) is 4.74 Å². The van der Waals surface area contributed by atoms with Gasteiger partial charge < -0.3 is 10.1 Å². The molecule has 0 radical (unpaired) electrons. The SMILES string of the molecule is COc1ncc(F)cc1-c1c(F)cc2c(c1C)-n1c(C)nnc1C(C)(C)N2. The zero-order valence-electron chi connectivity index (χ0n) is 15.7. The Morgan fingerprint density at radius 2 is 1.89 bits per heavy atom. The first-order valence-electron chi connectivity index (χ1n) is 8.48. The summed E-state index contributed by atoms with van der Waals surface area (Å²) >= 11 is 0. The Hall–Kier alpha value is -3.03. The second-order valence-electron chi connectivity index (χ2n) is 7.12. The highest BCUT2D eigenvalue weighted by Gasteiger charge is 2.36. The molecule has 1 aromatic carbocycles. The number of pyridine rings is 1. The Balaban J connectivity index is 2.06. The van der Waals surface area contributed by atoms with Crippen LogP contribution in [-0.2, 0) is 5.54 Å². The number of fused-ring (bicyclic) bond motifs is 3. The van der Waals surface area contributed by atoms with Crippen molar-refractivity contribution in [2.75, 3.05) is 12.4 Å². The topological polar surface area (TPSA) is 64.9 Å². The predicted octanol–water partition coefficient (Wildman–Crippen LogP) is 3.89. The second-order valence-corrected chi connectivity index (χ2v) is 7.12. The van der Waals surface area contributed by atoms with Crippen LogP contribution in [0.1, 0.15) is 31.1 Å². The molecule has 27 heavy (non-hydrogen) atoms. The van der Waals surface area contributed by atoms with Crippen molar-refractivity contribution in [2.45, 2.75) is 33.2 Å². The van der Waals surface area contributed by atoms with Crippen LogP contribution in [0.2, 0.25) is 0 Å². The van der Waals surface area contributed by atoms with Crippen molar-refractivity contribution in [1.82, 2.24) is 19.7 Å². The Kier molecular flexibility index (Phi) is 3.69. The number of hydrogen-bond acceptors (Lipinski definition) is 5. The molecule has 0 saturated carbocycles. The number of hydrogen-bond donors (Lipinski definition) is 1. The van der Waals surface area contributed by atoms with Crippen molar-refractivity contribution in [1.29, 1.82) is 0 Å². The highest BCUT2D eigenvalue weighted by atomic mass is 19.1. The Bertz CT molecular complexity index is 1070. The molecule has 8 heteroatoms. The number of benzene rings is 1. The molecule has 0 unspecified atom stereocenters. The molecule has 4 rings (SSSR count). The van der Waals surface area contributed by atoms with Gasteiger partial charge in [0.05, 0.1) is 35.8 Å². The van der Waals surface area contributed by atoms with E-state index in [1.165, 1.54) is 19.2 Å². The van der Waals surface area contributed by atoms with E-state index >= 15 is 4.39 Å². The average Bonchev–Trinajstić information content (AvgIpc) is 2.97. The highest BCUT2D eigenvalue weighted by Crippen LogP contribution is 2.44. The van der Waals surface area contributed by atoms with Gasteiger partial charge in [-0.25, -0.2) is 13.8 Å². The summed E-state index contributed by atoms with van der Waals surface area (Å²) in [7, 11) is 1.42. The number of anilines is 1. The van der Waals surface area contributed by atoms with Gasteiger partial charge in [0.2, 0.25) is 5.88 Å². The van der Waals surface area contributed by atoms with E-state index in [-0.39, 0.29) is 17.0 Å². The molecule has 0 saturated heterocycles. The third-order valence-electron chi connectivity index (χ3n) is 4.83. The number of aryl methyl sites for hydroxylation is 1. The summed E-state index contributed by atoms with van der Waals surface area (Å²) in [6, 6.07) is 2.63. The van der Waals surface area contributed by atoms with Crippen LogP contribution in [0, 0.1) is 25.5 Å². The maximum Gasteiger partial charge on any atom is 0.221 e. The molecule has 0 fully saturated rings. The zero-order valence-corrected chi connectivity index (χ0v) is 15.7. The molecular weight excluding hydrogens is 352 g/mol. The van der Waals surface area contributed by atoms with E-state index in [9.17, 15) is 4.39 Å². The molecule has 0 spiro atoms. The normalized spacial score (nSPS) is 14.3. The lowest BCUT2D eigenvalue weighted by atomic mass is 9.93. The molecule has 140 valence electrons. The number of nitrogens with one attached hydrogen (secondary N) is 1. The molecule has 3 heterocycles. The molecular formula is C19H19F2N5O. The average molecular weight is 371 g/mol. The summed E-state index contributed by atoms with van der Waals surface area (Å²) in [6.45, 7) is 7.53. The quantitative estimate of drug-likeness (QED) is 0.740. The van der Waals surface area contributed by atoms with Crippen LogP contribution in [-0.4, -0.2) is 26.9 Å². The van der Waals surface area contributed by atoms with Crippen molar-refractivity contribution in [3.63, 3.8) is 0 Å². The lowest BCUT2D eigenvalue weighted by Gasteiger charge is -2.35. The fourth-order valence-corrected chi connectivity index (χ4v) is 3.68. The van der Waals surface area contributed by atoms with Crippen molar-refractivity contribution < 1.29 is 13.5 Å². The van der Waals surface area contributed by atoms with Crippen LogP contribution in [0.4, 0.5) is 14.5 Å². The largest absolute Gasteiger partial charge is 0.481 e. The van der Waals surface area contributed by atoms with Gasteiger partial charge in [-0.2, -0.15) is 0 Å². The molecule has 1 aliphatic heterocycles. The van der Waals surface area contributed by atoms with Crippen LogP contribution >= 0.6 is 0 Å². The summed E-state index contributed by atoms with van der Waals surface area (Å²) in [5, 5.41) is 11.8. The van der Waals surface area contributed by atoms with E-state index in [1.807, 2.05) is 25.3 Å². The molecule has 3 aromatic rings.